The van der Waals surface area contributed by atoms with E-state index in [4.69, 9.17) is 10.5 Å². The molecule has 0 amide bonds. The highest BCUT2D eigenvalue weighted by atomic mass is 16.5. The summed E-state index contributed by atoms with van der Waals surface area (Å²) in [4.78, 5) is 0. The summed E-state index contributed by atoms with van der Waals surface area (Å²) in [6.07, 6.45) is 1.17. The maximum atomic E-state index is 5.74. The zero-order valence-electron chi connectivity index (χ0n) is 6.94. The van der Waals surface area contributed by atoms with Crippen molar-refractivity contribution in [2.75, 3.05) is 6.61 Å². The molecular weight excluding hydrogens is 150 g/mol. The van der Waals surface area contributed by atoms with E-state index in [0.29, 0.717) is 6.61 Å². The third-order valence-electron chi connectivity index (χ3n) is 2.20. The minimum atomic E-state index is 0.218. The summed E-state index contributed by atoms with van der Waals surface area (Å²) in [5.41, 5.74) is 6.98. The van der Waals surface area contributed by atoms with Gasteiger partial charge >= 0.3 is 0 Å². The third-order valence-corrected chi connectivity index (χ3v) is 2.20. The molecule has 0 aliphatic carbocycles. The van der Waals surface area contributed by atoms with Crippen LogP contribution in [0.15, 0.2) is 30.3 Å². The van der Waals surface area contributed by atoms with Crippen LogP contribution in [0.25, 0.3) is 0 Å². The normalized spacial score (nSPS) is 29.1. The molecule has 0 aromatic heterocycles. The maximum Gasteiger partial charge on any atom is 0.0841 e. The van der Waals surface area contributed by atoms with E-state index >= 15 is 0 Å². The molecule has 0 spiro atoms. The molecule has 2 atom stereocenters. The predicted molar refractivity (Wildman–Crippen MR) is 47.7 cm³/mol. The minimum Gasteiger partial charge on any atom is -0.372 e. The van der Waals surface area contributed by atoms with E-state index in [1.165, 1.54) is 5.56 Å². The largest absolute Gasteiger partial charge is 0.372 e. The Labute approximate surface area is 72.3 Å². The Kier molecular flexibility index (Phi) is 2.11. The molecule has 1 saturated heterocycles. The smallest absolute Gasteiger partial charge is 0.0841 e. The van der Waals surface area contributed by atoms with Gasteiger partial charge in [-0.25, -0.2) is 0 Å². The summed E-state index contributed by atoms with van der Waals surface area (Å²) >= 11 is 0. The number of ether oxygens (including phenoxy) is 1. The molecule has 64 valence electrons. The van der Waals surface area contributed by atoms with Crippen LogP contribution in [0, 0.1) is 0 Å². The van der Waals surface area contributed by atoms with Gasteiger partial charge in [0.05, 0.1) is 12.7 Å². The van der Waals surface area contributed by atoms with Crippen molar-refractivity contribution in [3.05, 3.63) is 35.9 Å². The van der Waals surface area contributed by atoms with E-state index in [2.05, 4.69) is 12.1 Å². The average molecular weight is 163 g/mol. The fourth-order valence-electron chi connectivity index (χ4n) is 1.55. The lowest BCUT2D eigenvalue weighted by Crippen LogP contribution is -2.18. The zero-order valence-corrected chi connectivity index (χ0v) is 6.94. The molecule has 2 nitrogen and oxygen atoms in total. The van der Waals surface area contributed by atoms with Gasteiger partial charge in [-0.1, -0.05) is 30.3 Å². The molecule has 1 aliphatic heterocycles. The van der Waals surface area contributed by atoms with Gasteiger partial charge in [-0.3, -0.25) is 0 Å². The van der Waals surface area contributed by atoms with E-state index in [1.54, 1.807) is 0 Å². The van der Waals surface area contributed by atoms with Gasteiger partial charge in [-0.15, -0.1) is 0 Å². The van der Waals surface area contributed by atoms with Gasteiger partial charge in [0, 0.05) is 6.04 Å². The molecule has 1 aliphatic rings. The van der Waals surface area contributed by atoms with Crippen molar-refractivity contribution in [2.24, 2.45) is 5.73 Å². The lowest BCUT2D eigenvalue weighted by Gasteiger charge is -2.08. The summed E-state index contributed by atoms with van der Waals surface area (Å²) in [5.74, 6) is 0. The first-order chi connectivity index (χ1) is 5.86. The van der Waals surface area contributed by atoms with Crippen LogP contribution in [0.2, 0.25) is 0 Å². The van der Waals surface area contributed by atoms with Crippen molar-refractivity contribution in [3.8, 4) is 0 Å². The predicted octanol–water partition coefficient (Wildman–Crippen LogP) is 1.48. The van der Waals surface area contributed by atoms with Crippen molar-refractivity contribution < 1.29 is 4.74 Å². The molecule has 2 unspecified atom stereocenters. The van der Waals surface area contributed by atoms with Crippen molar-refractivity contribution in [1.29, 1.82) is 0 Å². The Morgan fingerprint density at radius 1 is 1.25 bits per heavy atom. The first-order valence-corrected chi connectivity index (χ1v) is 4.28. The van der Waals surface area contributed by atoms with Gasteiger partial charge in [0.1, 0.15) is 0 Å². The van der Waals surface area contributed by atoms with Crippen molar-refractivity contribution >= 4 is 0 Å². The monoisotopic (exact) mass is 163 g/mol. The molecule has 0 radical (unpaired) electrons. The average Bonchev–Trinajstić information content (AvgIpc) is 2.54. The van der Waals surface area contributed by atoms with Crippen LogP contribution in [-0.2, 0) is 4.74 Å². The molecule has 1 aromatic carbocycles. The summed E-state index contributed by atoms with van der Waals surface area (Å²) in [7, 11) is 0. The number of hydrogen-bond donors (Lipinski definition) is 1. The molecule has 12 heavy (non-hydrogen) atoms. The van der Waals surface area contributed by atoms with Crippen molar-refractivity contribution in [2.45, 2.75) is 18.6 Å². The summed E-state index contributed by atoms with van der Waals surface area (Å²) in [6, 6.07) is 10.5. The Morgan fingerprint density at radius 2 is 2.00 bits per heavy atom. The summed E-state index contributed by atoms with van der Waals surface area (Å²) < 4.78 is 5.53. The Balaban J connectivity index is 2.11. The Bertz CT molecular complexity index is 247. The lowest BCUT2D eigenvalue weighted by molar-refractivity contribution is 0.110. The highest BCUT2D eigenvalue weighted by Crippen LogP contribution is 2.27. The summed E-state index contributed by atoms with van der Waals surface area (Å²) in [6.45, 7) is 0.694. The van der Waals surface area contributed by atoms with E-state index < -0.39 is 0 Å². The first-order valence-electron chi connectivity index (χ1n) is 4.28. The van der Waals surface area contributed by atoms with Gasteiger partial charge in [-0.05, 0) is 12.0 Å². The number of rotatable bonds is 1. The van der Waals surface area contributed by atoms with Crippen LogP contribution in [-0.4, -0.2) is 12.6 Å². The van der Waals surface area contributed by atoms with Gasteiger partial charge in [0.2, 0.25) is 0 Å². The molecule has 2 rings (SSSR count). The topological polar surface area (TPSA) is 35.2 Å². The van der Waals surface area contributed by atoms with Gasteiger partial charge in [-0.2, -0.15) is 0 Å². The van der Waals surface area contributed by atoms with Gasteiger partial charge < -0.3 is 10.5 Å². The number of benzene rings is 1. The highest BCUT2D eigenvalue weighted by molar-refractivity contribution is 5.18. The summed E-state index contributed by atoms with van der Waals surface area (Å²) in [5, 5.41) is 0. The minimum absolute atomic E-state index is 0.218. The Hall–Kier alpha value is -0.860. The molecule has 1 fully saturated rings. The van der Waals surface area contributed by atoms with E-state index in [0.717, 1.165) is 6.42 Å². The SMILES string of the molecule is NC1COC(c2ccccc2)C1. The van der Waals surface area contributed by atoms with E-state index in [1.807, 2.05) is 18.2 Å². The second-order valence-corrected chi connectivity index (χ2v) is 3.23. The molecule has 0 saturated carbocycles. The van der Waals surface area contributed by atoms with Crippen LogP contribution < -0.4 is 5.73 Å². The lowest BCUT2D eigenvalue weighted by atomic mass is 10.1. The van der Waals surface area contributed by atoms with Crippen LogP contribution in [0.3, 0.4) is 0 Å². The van der Waals surface area contributed by atoms with Gasteiger partial charge in [0.25, 0.3) is 0 Å². The molecule has 0 bridgehead atoms. The van der Waals surface area contributed by atoms with Crippen molar-refractivity contribution in [3.63, 3.8) is 0 Å². The fraction of sp³-hybridized carbons (Fsp3) is 0.400. The van der Waals surface area contributed by atoms with Crippen LogP contribution in [0.4, 0.5) is 0 Å². The second kappa shape index (κ2) is 3.25. The number of nitrogens with two attached hydrogens (primary N) is 1. The second-order valence-electron chi connectivity index (χ2n) is 3.23. The molecule has 2 N–H and O–H groups in total. The molecular formula is C10H13NO. The molecule has 1 heterocycles. The highest BCUT2D eigenvalue weighted by Gasteiger charge is 2.23. The maximum absolute atomic E-state index is 5.74. The number of hydrogen-bond acceptors (Lipinski definition) is 2. The first kappa shape index (κ1) is 7.77. The van der Waals surface area contributed by atoms with E-state index in [9.17, 15) is 0 Å². The third kappa shape index (κ3) is 1.49. The van der Waals surface area contributed by atoms with Crippen LogP contribution in [0.5, 0.6) is 0 Å². The standard InChI is InChI=1S/C10H13NO/c11-9-6-10(12-7-9)8-4-2-1-3-5-8/h1-5,9-10H,6-7,11H2. The zero-order chi connectivity index (χ0) is 8.39. The van der Waals surface area contributed by atoms with Crippen LogP contribution in [0.1, 0.15) is 18.1 Å². The fourth-order valence-corrected chi connectivity index (χ4v) is 1.55. The molecule has 2 heteroatoms. The quantitative estimate of drug-likeness (QED) is 0.680. The van der Waals surface area contributed by atoms with Crippen molar-refractivity contribution in [1.82, 2.24) is 0 Å². The van der Waals surface area contributed by atoms with Crippen LogP contribution >= 0.6 is 0 Å². The Morgan fingerprint density at radius 3 is 2.58 bits per heavy atom. The van der Waals surface area contributed by atoms with E-state index in [-0.39, 0.29) is 12.1 Å². The van der Waals surface area contributed by atoms with Gasteiger partial charge in [0.15, 0.2) is 0 Å². The molecule has 1 aromatic rings.